The molecule has 5 nitrogen and oxygen atoms in total. The fraction of sp³-hybridized carbons (Fsp3) is 0.556. The first-order chi connectivity index (χ1) is 11.7. The summed E-state index contributed by atoms with van der Waals surface area (Å²) in [4.78, 5) is 0. The van der Waals surface area contributed by atoms with Crippen molar-refractivity contribution in [2.24, 2.45) is 0 Å². The van der Waals surface area contributed by atoms with E-state index >= 15 is 0 Å². The molecule has 0 aliphatic carbocycles. The van der Waals surface area contributed by atoms with Crippen LogP contribution < -0.4 is 14.2 Å². The van der Waals surface area contributed by atoms with Crippen molar-refractivity contribution in [3.63, 3.8) is 0 Å². The second-order valence-electron chi connectivity index (χ2n) is 6.92. The van der Waals surface area contributed by atoms with Gasteiger partial charge in [0.1, 0.15) is 0 Å². The number of benzene rings is 1. The Balaban J connectivity index is 2.41. The molecule has 0 bridgehead atoms. The molecule has 1 aromatic carbocycles. The van der Waals surface area contributed by atoms with Crippen LogP contribution in [0.2, 0.25) is 0 Å². The summed E-state index contributed by atoms with van der Waals surface area (Å²) in [5, 5.41) is 0. The van der Waals surface area contributed by atoms with Gasteiger partial charge in [-0.05, 0) is 50.9 Å². The first-order valence-corrected chi connectivity index (χ1v) is 8.79. The molecule has 1 saturated heterocycles. The third kappa shape index (κ3) is 3.94. The van der Waals surface area contributed by atoms with Crippen LogP contribution in [-0.4, -0.2) is 45.4 Å². The Bertz CT molecular complexity index is 616. The van der Waals surface area contributed by atoms with Crippen LogP contribution in [0.25, 0.3) is 6.08 Å². The first kappa shape index (κ1) is 20.0. The van der Waals surface area contributed by atoms with Gasteiger partial charge < -0.3 is 23.5 Å². The lowest BCUT2D eigenvalue weighted by Crippen LogP contribution is -2.41. The van der Waals surface area contributed by atoms with Gasteiger partial charge in [-0.25, -0.2) is 0 Å². The standard InChI is InChI=1S/C18H27BO5S/c1-17(2)18(3,4)24-19(23-17)13(11-25)8-12-9-14(20-5)16(22-7)15(10-12)21-6/h8-10,25H,11H2,1-7H3. The Morgan fingerprint density at radius 2 is 1.48 bits per heavy atom. The third-order valence-electron chi connectivity index (χ3n) is 4.78. The zero-order valence-corrected chi connectivity index (χ0v) is 16.9. The predicted octanol–water partition coefficient (Wildman–Crippen LogP) is 3.66. The van der Waals surface area contributed by atoms with E-state index in [1.54, 1.807) is 21.3 Å². The molecule has 2 rings (SSSR count). The largest absolute Gasteiger partial charge is 0.493 e. The van der Waals surface area contributed by atoms with Gasteiger partial charge in [-0.2, -0.15) is 12.6 Å². The summed E-state index contributed by atoms with van der Waals surface area (Å²) in [6.45, 7) is 8.12. The molecule has 0 saturated carbocycles. The average molecular weight is 366 g/mol. The van der Waals surface area contributed by atoms with E-state index in [2.05, 4.69) is 12.6 Å². The highest BCUT2D eigenvalue weighted by Gasteiger charge is 2.52. The van der Waals surface area contributed by atoms with Crippen molar-refractivity contribution in [1.29, 1.82) is 0 Å². The molecule has 1 aliphatic rings. The Kier molecular flexibility index (Phi) is 6.02. The van der Waals surface area contributed by atoms with Gasteiger partial charge in [0.2, 0.25) is 5.75 Å². The summed E-state index contributed by atoms with van der Waals surface area (Å²) in [6.07, 6.45) is 1.99. The average Bonchev–Trinajstić information content (AvgIpc) is 2.79. The lowest BCUT2D eigenvalue weighted by molar-refractivity contribution is 0.00578. The van der Waals surface area contributed by atoms with Gasteiger partial charge in [0.05, 0.1) is 32.5 Å². The second-order valence-corrected chi connectivity index (χ2v) is 7.24. The molecular weight excluding hydrogens is 339 g/mol. The summed E-state index contributed by atoms with van der Waals surface area (Å²) in [5.41, 5.74) is 1.04. The Morgan fingerprint density at radius 3 is 1.84 bits per heavy atom. The van der Waals surface area contributed by atoms with Crippen molar-refractivity contribution < 1.29 is 23.5 Å². The van der Waals surface area contributed by atoms with E-state index in [-0.39, 0.29) is 0 Å². The Morgan fingerprint density at radius 1 is 1.00 bits per heavy atom. The monoisotopic (exact) mass is 366 g/mol. The number of thiol groups is 1. The fourth-order valence-corrected chi connectivity index (χ4v) is 2.82. The van der Waals surface area contributed by atoms with Crippen LogP contribution in [0.1, 0.15) is 33.3 Å². The van der Waals surface area contributed by atoms with Crippen molar-refractivity contribution in [2.45, 2.75) is 38.9 Å². The van der Waals surface area contributed by atoms with Crippen LogP contribution in [0.15, 0.2) is 17.6 Å². The van der Waals surface area contributed by atoms with Crippen molar-refractivity contribution in [3.05, 3.63) is 23.2 Å². The number of hydrogen-bond donors (Lipinski definition) is 1. The molecule has 0 radical (unpaired) electrons. The SMILES string of the molecule is COc1cc(C=C(CS)B2OC(C)(C)C(C)(C)O2)cc(OC)c1OC. The summed E-state index contributed by atoms with van der Waals surface area (Å²) in [7, 11) is 4.33. The lowest BCUT2D eigenvalue weighted by atomic mass is 9.78. The van der Waals surface area contributed by atoms with E-state index in [1.807, 2.05) is 45.9 Å². The number of hydrogen-bond acceptors (Lipinski definition) is 6. The van der Waals surface area contributed by atoms with Crippen molar-refractivity contribution in [2.75, 3.05) is 27.1 Å². The minimum atomic E-state index is -0.443. The van der Waals surface area contributed by atoms with E-state index in [0.717, 1.165) is 11.0 Å². The first-order valence-electron chi connectivity index (χ1n) is 8.16. The van der Waals surface area contributed by atoms with Gasteiger partial charge in [-0.1, -0.05) is 6.08 Å². The maximum atomic E-state index is 6.12. The highest BCUT2D eigenvalue weighted by Crippen LogP contribution is 2.41. The molecule has 0 atom stereocenters. The molecule has 0 spiro atoms. The van der Waals surface area contributed by atoms with E-state index < -0.39 is 18.3 Å². The molecule has 1 aliphatic heterocycles. The zero-order chi connectivity index (χ0) is 18.8. The molecular formula is C18H27BO5S. The Labute approximate surface area is 156 Å². The minimum absolute atomic E-state index is 0.394. The highest BCUT2D eigenvalue weighted by molar-refractivity contribution is 7.80. The molecule has 138 valence electrons. The van der Waals surface area contributed by atoms with Crippen LogP contribution in [0.3, 0.4) is 0 Å². The molecule has 7 heteroatoms. The van der Waals surface area contributed by atoms with Gasteiger partial charge in [-0.3, -0.25) is 0 Å². The van der Waals surface area contributed by atoms with Crippen molar-refractivity contribution >= 4 is 25.8 Å². The number of ether oxygens (including phenoxy) is 3. The van der Waals surface area contributed by atoms with Crippen LogP contribution in [0.4, 0.5) is 0 Å². The molecule has 1 fully saturated rings. The fourth-order valence-electron chi connectivity index (χ4n) is 2.58. The molecule has 0 N–H and O–H groups in total. The second kappa shape index (κ2) is 7.52. The van der Waals surface area contributed by atoms with Crippen LogP contribution in [-0.2, 0) is 9.31 Å². The molecule has 0 aromatic heterocycles. The van der Waals surface area contributed by atoms with E-state index in [0.29, 0.717) is 23.0 Å². The summed E-state index contributed by atoms with van der Waals surface area (Å²) in [6, 6.07) is 3.77. The quantitative estimate of drug-likeness (QED) is 0.615. The normalized spacial score (nSPS) is 19.0. The summed E-state index contributed by atoms with van der Waals surface area (Å²) >= 11 is 4.46. The maximum Gasteiger partial charge on any atom is 0.491 e. The lowest BCUT2D eigenvalue weighted by Gasteiger charge is -2.32. The van der Waals surface area contributed by atoms with E-state index in [9.17, 15) is 0 Å². The third-order valence-corrected chi connectivity index (χ3v) is 5.14. The van der Waals surface area contributed by atoms with Gasteiger partial charge >= 0.3 is 7.12 Å². The highest BCUT2D eigenvalue weighted by atomic mass is 32.1. The smallest absolute Gasteiger partial charge is 0.491 e. The van der Waals surface area contributed by atoms with E-state index in [1.165, 1.54) is 0 Å². The maximum absolute atomic E-state index is 6.12. The topological polar surface area (TPSA) is 46.2 Å². The van der Waals surface area contributed by atoms with Crippen LogP contribution in [0, 0.1) is 0 Å². The zero-order valence-electron chi connectivity index (χ0n) is 16.0. The minimum Gasteiger partial charge on any atom is -0.493 e. The molecule has 1 aromatic rings. The number of methoxy groups -OCH3 is 3. The van der Waals surface area contributed by atoms with Crippen molar-refractivity contribution in [3.8, 4) is 17.2 Å². The summed E-state index contributed by atoms with van der Waals surface area (Å²) < 4.78 is 28.4. The van der Waals surface area contributed by atoms with Gasteiger partial charge in [0.25, 0.3) is 0 Å². The van der Waals surface area contributed by atoms with Gasteiger partial charge in [-0.15, -0.1) is 0 Å². The predicted molar refractivity (Wildman–Crippen MR) is 104 cm³/mol. The van der Waals surface area contributed by atoms with Crippen molar-refractivity contribution in [1.82, 2.24) is 0 Å². The molecule has 1 heterocycles. The summed E-state index contributed by atoms with van der Waals surface area (Å²) in [5.74, 6) is 2.26. The van der Waals surface area contributed by atoms with Crippen LogP contribution >= 0.6 is 12.6 Å². The molecule has 25 heavy (non-hydrogen) atoms. The molecule has 0 amide bonds. The number of rotatable bonds is 6. The van der Waals surface area contributed by atoms with Crippen LogP contribution in [0.5, 0.6) is 17.2 Å². The molecule has 0 unspecified atom stereocenters. The van der Waals surface area contributed by atoms with Gasteiger partial charge in [0.15, 0.2) is 11.5 Å². The van der Waals surface area contributed by atoms with Gasteiger partial charge in [0, 0.05) is 5.75 Å². The van der Waals surface area contributed by atoms with E-state index in [4.69, 9.17) is 23.5 Å². The Hall–Kier alpha value is -1.31.